The number of nitrogens with zero attached hydrogens (tertiary/aromatic N) is 2. The van der Waals surface area contributed by atoms with Gasteiger partial charge in [-0.2, -0.15) is 13.2 Å². The molecule has 0 aromatic carbocycles. The van der Waals surface area contributed by atoms with Crippen LogP contribution < -0.4 is 4.74 Å². The molecule has 3 aromatic heterocycles. The van der Waals surface area contributed by atoms with Crippen molar-refractivity contribution >= 4 is 17.5 Å². The van der Waals surface area contributed by atoms with Crippen LogP contribution in [0.4, 0.5) is 13.2 Å². The van der Waals surface area contributed by atoms with Crippen LogP contribution in [0, 0.1) is 0 Å². The number of rotatable bonds is 7. The lowest BCUT2D eigenvalue weighted by molar-refractivity contribution is -0.154. The van der Waals surface area contributed by atoms with Crippen LogP contribution in [-0.2, 0) is 13.1 Å². The summed E-state index contributed by atoms with van der Waals surface area (Å²) in [6.45, 7) is -1.23. The number of amides is 1. The van der Waals surface area contributed by atoms with Gasteiger partial charge in [-0.25, -0.2) is 4.98 Å². The molecule has 0 aliphatic carbocycles. The molecule has 0 spiro atoms. The lowest BCUT2D eigenvalue weighted by atomic mass is 10.2. The molecule has 3 aromatic rings. The standard InChI is InChI=1S/C18H14ClF3N2O4/c19-15-7-12(8-23-16(15)28-11-18(20,21)22)17(25)24(9-13-3-1-5-26-13)10-14-4-2-6-27-14/h1-8H,9-11H2. The van der Waals surface area contributed by atoms with Gasteiger partial charge in [-0.15, -0.1) is 0 Å². The Hall–Kier alpha value is -2.94. The van der Waals surface area contributed by atoms with Gasteiger partial charge < -0.3 is 18.5 Å². The largest absolute Gasteiger partial charge is 0.467 e. The van der Waals surface area contributed by atoms with Crippen molar-refractivity contribution in [3.05, 3.63) is 71.2 Å². The zero-order valence-corrected chi connectivity index (χ0v) is 15.0. The van der Waals surface area contributed by atoms with Crippen molar-refractivity contribution in [3.8, 4) is 5.88 Å². The van der Waals surface area contributed by atoms with Crippen molar-refractivity contribution in [1.82, 2.24) is 9.88 Å². The monoisotopic (exact) mass is 414 g/mol. The molecule has 0 aliphatic rings. The van der Waals surface area contributed by atoms with Gasteiger partial charge in [0.25, 0.3) is 5.91 Å². The summed E-state index contributed by atoms with van der Waals surface area (Å²) in [5.41, 5.74) is 0.0856. The van der Waals surface area contributed by atoms with Gasteiger partial charge in [0.15, 0.2) is 6.61 Å². The number of furan rings is 2. The summed E-state index contributed by atoms with van der Waals surface area (Å²) in [5, 5.41) is -0.203. The number of hydrogen-bond donors (Lipinski definition) is 0. The molecule has 0 unspecified atom stereocenters. The average Bonchev–Trinajstić information content (AvgIpc) is 3.32. The molecule has 0 saturated heterocycles. The second-order valence-electron chi connectivity index (χ2n) is 5.73. The van der Waals surface area contributed by atoms with Crippen molar-refractivity contribution in [3.63, 3.8) is 0 Å². The van der Waals surface area contributed by atoms with Gasteiger partial charge in [0.2, 0.25) is 5.88 Å². The number of pyridine rings is 1. The molecule has 0 aliphatic heterocycles. The summed E-state index contributed by atoms with van der Waals surface area (Å²) >= 11 is 5.93. The molecule has 3 heterocycles. The fourth-order valence-corrected chi connectivity index (χ4v) is 2.58. The van der Waals surface area contributed by atoms with E-state index in [1.807, 2.05) is 0 Å². The number of carbonyl (C=O) groups excluding carboxylic acids is 1. The molecule has 0 saturated carbocycles. The zero-order chi connectivity index (χ0) is 20.1. The van der Waals surface area contributed by atoms with E-state index in [-0.39, 0.29) is 23.7 Å². The van der Waals surface area contributed by atoms with E-state index in [1.165, 1.54) is 23.5 Å². The maximum absolute atomic E-state index is 12.9. The molecule has 10 heteroatoms. The number of carbonyl (C=O) groups is 1. The van der Waals surface area contributed by atoms with E-state index in [4.69, 9.17) is 20.4 Å². The van der Waals surface area contributed by atoms with Crippen molar-refractivity contribution < 1.29 is 31.5 Å². The Balaban J connectivity index is 1.78. The van der Waals surface area contributed by atoms with Crippen LogP contribution in [0.25, 0.3) is 0 Å². The number of aromatic nitrogens is 1. The first-order valence-electron chi connectivity index (χ1n) is 8.01. The molecule has 1 amide bonds. The van der Waals surface area contributed by atoms with Crippen molar-refractivity contribution in [2.45, 2.75) is 19.3 Å². The molecular formula is C18H14ClF3N2O4. The molecule has 0 radical (unpaired) electrons. The van der Waals surface area contributed by atoms with E-state index in [0.717, 1.165) is 6.20 Å². The van der Waals surface area contributed by atoms with E-state index >= 15 is 0 Å². The van der Waals surface area contributed by atoms with Gasteiger partial charge in [0, 0.05) is 6.20 Å². The van der Waals surface area contributed by atoms with Crippen molar-refractivity contribution in [1.29, 1.82) is 0 Å². The Morgan fingerprint density at radius 3 is 2.21 bits per heavy atom. The zero-order valence-electron chi connectivity index (χ0n) is 14.3. The quantitative estimate of drug-likeness (QED) is 0.560. The summed E-state index contributed by atoms with van der Waals surface area (Å²) < 4.78 is 51.9. The molecule has 0 bridgehead atoms. The lowest BCUT2D eigenvalue weighted by Crippen LogP contribution is -2.30. The predicted octanol–water partition coefficient (Wildman–Crippen LogP) is 4.70. The third-order valence-corrected chi connectivity index (χ3v) is 3.84. The Labute approximate surface area is 162 Å². The maximum Gasteiger partial charge on any atom is 0.422 e. The number of hydrogen-bond acceptors (Lipinski definition) is 5. The van der Waals surface area contributed by atoms with Crippen LogP contribution >= 0.6 is 11.6 Å². The second kappa shape index (κ2) is 8.39. The fraction of sp³-hybridized carbons (Fsp3) is 0.222. The molecule has 0 atom stereocenters. The Kier molecular flexibility index (Phi) is 5.93. The van der Waals surface area contributed by atoms with E-state index in [9.17, 15) is 18.0 Å². The molecule has 3 rings (SSSR count). The molecular weight excluding hydrogens is 401 g/mol. The van der Waals surface area contributed by atoms with Crippen LogP contribution in [0.5, 0.6) is 5.88 Å². The first-order valence-corrected chi connectivity index (χ1v) is 8.39. The minimum Gasteiger partial charge on any atom is -0.467 e. The summed E-state index contributed by atoms with van der Waals surface area (Å²) in [6, 6.07) is 8.01. The van der Waals surface area contributed by atoms with E-state index < -0.39 is 24.6 Å². The smallest absolute Gasteiger partial charge is 0.422 e. The molecule has 28 heavy (non-hydrogen) atoms. The van der Waals surface area contributed by atoms with Crippen LogP contribution in [0.1, 0.15) is 21.9 Å². The maximum atomic E-state index is 12.9. The van der Waals surface area contributed by atoms with E-state index in [0.29, 0.717) is 11.5 Å². The molecule has 0 fully saturated rings. The normalized spacial score (nSPS) is 11.4. The SMILES string of the molecule is O=C(c1cnc(OCC(F)(F)F)c(Cl)c1)N(Cc1ccco1)Cc1ccco1. The number of alkyl halides is 3. The number of halogens is 4. The van der Waals surface area contributed by atoms with Gasteiger partial charge >= 0.3 is 6.18 Å². The van der Waals surface area contributed by atoms with Crippen LogP contribution in [-0.4, -0.2) is 28.6 Å². The first-order chi connectivity index (χ1) is 13.3. The van der Waals surface area contributed by atoms with Gasteiger partial charge in [-0.3, -0.25) is 4.79 Å². The summed E-state index contributed by atoms with van der Waals surface area (Å²) in [6.07, 6.45) is -0.453. The van der Waals surface area contributed by atoms with Crippen LogP contribution in [0.3, 0.4) is 0 Å². The molecule has 148 valence electrons. The third-order valence-electron chi connectivity index (χ3n) is 3.57. The highest BCUT2D eigenvalue weighted by molar-refractivity contribution is 6.32. The second-order valence-corrected chi connectivity index (χ2v) is 6.14. The highest BCUT2D eigenvalue weighted by Crippen LogP contribution is 2.26. The predicted molar refractivity (Wildman–Crippen MR) is 91.8 cm³/mol. The van der Waals surface area contributed by atoms with Gasteiger partial charge in [0.05, 0.1) is 31.2 Å². The molecule has 6 nitrogen and oxygen atoms in total. The minimum atomic E-state index is -4.53. The fourth-order valence-electron chi connectivity index (χ4n) is 2.36. The number of ether oxygens (including phenoxy) is 1. The van der Waals surface area contributed by atoms with Crippen LogP contribution in [0.15, 0.2) is 57.9 Å². The molecule has 0 N–H and O–H groups in total. The highest BCUT2D eigenvalue weighted by Gasteiger charge is 2.29. The lowest BCUT2D eigenvalue weighted by Gasteiger charge is -2.21. The average molecular weight is 415 g/mol. The Bertz CT molecular complexity index is 875. The van der Waals surface area contributed by atoms with E-state index in [2.05, 4.69) is 9.72 Å². The summed E-state index contributed by atoms with van der Waals surface area (Å²) in [7, 11) is 0. The first kappa shape index (κ1) is 19.8. The topological polar surface area (TPSA) is 68.7 Å². The highest BCUT2D eigenvalue weighted by atomic mass is 35.5. The Morgan fingerprint density at radius 1 is 1.14 bits per heavy atom. The summed E-state index contributed by atoms with van der Waals surface area (Å²) in [4.78, 5) is 18.1. The van der Waals surface area contributed by atoms with Gasteiger partial charge in [0.1, 0.15) is 16.5 Å². The van der Waals surface area contributed by atoms with Crippen LogP contribution in [0.2, 0.25) is 5.02 Å². The van der Waals surface area contributed by atoms with Gasteiger partial charge in [-0.05, 0) is 30.3 Å². The van der Waals surface area contributed by atoms with Crippen molar-refractivity contribution in [2.24, 2.45) is 0 Å². The Morgan fingerprint density at radius 2 is 1.75 bits per heavy atom. The van der Waals surface area contributed by atoms with E-state index in [1.54, 1.807) is 24.3 Å². The van der Waals surface area contributed by atoms with Crippen molar-refractivity contribution in [2.75, 3.05) is 6.61 Å². The summed E-state index contributed by atoms with van der Waals surface area (Å²) in [5.74, 6) is 0.233. The third kappa shape index (κ3) is 5.29. The minimum absolute atomic E-state index is 0.0856. The van der Waals surface area contributed by atoms with Gasteiger partial charge in [-0.1, -0.05) is 11.6 Å².